The Bertz CT molecular complexity index is 768. The van der Waals surface area contributed by atoms with E-state index in [0.717, 1.165) is 4.90 Å². The molecule has 2 amide bonds. The number of hydrogen-bond acceptors (Lipinski definition) is 4. The number of carbonyl (C=O) groups excluding carboxylic acids is 2. The molecule has 104 valence electrons. The minimum Gasteiger partial charge on any atom is -0.268 e. The van der Waals surface area contributed by atoms with Gasteiger partial charge in [-0.05, 0) is 24.3 Å². The van der Waals surface area contributed by atoms with Gasteiger partial charge in [-0.2, -0.15) is 0 Å². The topological polar surface area (TPSA) is 80.5 Å². The number of hydrogen-bond donors (Lipinski definition) is 0. The van der Waals surface area contributed by atoms with Gasteiger partial charge in [0.15, 0.2) is 0 Å². The maximum atomic E-state index is 12.3. The summed E-state index contributed by atoms with van der Waals surface area (Å²) in [6.45, 7) is 0. The predicted molar refractivity (Wildman–Crippen MR) is 75.7 cm³/mol. The van der Waals surface area contributed by atoms with E-state index in [0.29, 0.717) is 0 Å². The van der Waals surface area contributed by atoms with Crippen LogP contribution in [0.4, 0.5) is 11.4 Å². The van der Waals surface area contributed by atoms with Gasteiger partial charge in [0, 0.05) is 11.1 Å². The SMILES string of the molecule is O=C1c2ccccc2C(=O)N1c1cc(Cl)ccc1[N+](=O)[O-]. The van der Waals surface area contributed by atoms with Gasteiger partial charge >= 0.3 is 0 Å². The number of carbonyl (C=O) groups is 2. The molecule has 0 aromatic heterocycles. The van der Waals surface area contributed by atoms with E-state index in [4.69, 9.17) is 11.6 Å². The third-order valence-electron chi connectivity index (χ3n) is 3.17. The van der Waals surface area contributed by atoms with Crippen LogP contribution in [0.5, 0.6) is 0 Å². The summed E-state index contributed by atoms with van der Waals surface area (Å²) in [5, 5.41) is 11.3. The van der Waals surface area contributed by atoms with Gasteiger partial charge in [-0.15, -0.1) is 0 Å². The molecule has 0 atom stereocenters. The van der Waals surface area contributed by atoms with Crippen molar-refractivity contribution in [2.75, 3.05) is 4.90 Å². The molecule has 0 spiro atoms. The lowest BCUT2D eigenvalue weighted by molar-refractivity contribution is -0.384. The standard InChI is InChI=1S/C14H7ClN2O4/c15-8-5-6-11(17(20)21)12(7-8)16-13(18)9-3-1-2-4-10(9)14(16)19/h1-7H. The zero-order valence-electron chi connectivity index (χ0n) is 10.4. The van der Waals surface area contributed by atoms with Gasteiger partial charge in [0.1, 0.15) is 5.69 Å². The molecule has 0 N–H and O–H groups in total. The molecule has 1 aliphatic heterocycles. The van der Waals surface area contributed by atoms with E-state index in [1.807, 2.05) is 0 Å². The molecule has 0 radical (unpaired) electrons. The van der Waals surface area contributed by atoms with Crippen LogP contribution in [0.25, 0.3) is 0 Å². The second-order valence-corrected chi connectivity index (χ2v) is 4.82. The maximum Gasteiger partial charge on any atom is 0.293 e. The smallest absolute Gasteiger partial charge is 0.268 e. The summed E-state index contributed by atoms with van der Waals surface area (Å²) in [6.07, 6.45) is 0. The number of nitro benzene ring substituents is 1. The lowest BCUT2D eigenvalue weighted by Crippen LogP contribution is -2.30. The molecule has 7 heteroatoms. The molecule has 2 aromatic carbocycles. The third kappa shape index (κ3) is 1.96. The van der Waals surface area contributed by atoms with Crippen LogP contribution >= 0.6 is 11.6 Å². The molecule has 0 fully saturated rings. The van der Waals surface area contributed by atoms with Gasteiger partial charge in [0.25, 0.3) is 17.5 Å². The van der Waals surface area contributed by atoms with E-state index in [-0.39, 0.29) is 27.5 Å². The van der Waals surface area contributed by atoms with Gasteiger partial charge in [-0.3, -0.25) is 19.7 Å². The molecule has 0 saturated heterocycles. The molecule has 21 heavy (non-hydrogen) atoms. The number of benzene rings is 2. The Kier molecular flexibility index (Phi) is 2.95. The molecular formula is C14H7ClN2O4. The first-order chi connectivity index (χ1) is 10.0. The molecule has 1 heterocycles. The summed E-state index contributed by atoms with van der Waals surface area (Å²) in [4.78, 5) is 35.9. The van der Waals surface area contributed by atoms with Gasteiger partial charge in [-0.25, -0.2) is 4.90 Å². The van der Waals surface area contributed by atoms with Crippen molar-refractivity contribution in [1.29, 1.82) is 0 Å². The molecule has 0 unspecified atom stereocenters. The second-order valence-electron chi connectivity index (χ2n) is 4.38. The van der Waals surface area contributed by atoms with Crippen molar-refractivity contribution in [3.05, 3.63) is 68.7 Å². The average Bonchev–Trinajstić information content (AvgIpc) is 2.71. The van der Waals surface area contributed by atoms with Gasteiger partial charge in [0.2, 0.25) is 0 Å². The molecule has 6 nitrogen and oxygen atoms in total. The van der Waals surface area contributed by atoms with Crippen LogP contribution < -0.4 is 4.90 Å². The van der Waals surface area contributed by atoms with E-state index in [2.05, 4.69) is 0 Å². The zero-order chi connectivity index (χ0) is 15.1. The van der Waals surface area contributed by atoms with Crippen LogP contribution in [-0.4, -0.2) is 16.7 Å². The van der Waals surface area contributed by atoms with Gasteiger partial charge in [-0.1, -0.05) is 23.7 Å². The maximum absolute atomic E-state index is 12.3. The summed E-state index contributed by atoms with van der Waals surface area (Å²) in [5.41, 5.74) is -0.0406. The number of nitrogens with zero attached hydrogens (tertiary/aromatic N) is 2. The van der Waals surface area contributed by atoms with E-state index < -0.39 is 16.7 Å². The Hall–Kier alpha value is -2.73. The number of nitro groups is 1. The minimum atomic E-state index is -0.658. The van der Waals surface area contributed by atoms with E-state index >= 15 is 0 Å². The lowest BCUT2D eigenvalue weighted by atomic mass is 10.1. The van der Waals surface area contributed by atoms with Gasteiger partial charge < -0.3 is 0 Å². The van der Waals surface area contributed by atoms with Crippen molar-refractivity contribution in [2.45, 2.75) is 0 Å². The monoisotopic (exact) mass is 302 g/mol. The molecule has 0 aliphatic carbocycles. The molecular weight excluding hydrogens is 296 g/mol. The van der Waals surface area contributed by atoms with Crippen molar-refractivity contribution in [3.8, 4) is 0 Å². The van der Waals surface area contributed by atoms with Crippen LogP contribution in [0.1, 0.15) is 20.7 Å². The van der Waals surface area contributed by atoms with Crippen molar-refractivity contribution >= 4 is 34.8 Å². The Morgan fingerprint density at radius 3 is 2.10 bits per heavy atom. The molecule has 3 rings (SSSR count). The fourth-order valence-electron chi connectivity index (χ4n) is 2.24. The Balaban J connectivity index is 2.20. The highest BCUT2D eigenvalue weighted by molar-refractivity contribution is 6.36. The number of fused-ring (bicyclic) bond motifs is 1. The van der Waals surface area contributed by atoms with Crippen LogP contribution in [0.3, 0.4) is 0 Å². The third-order valence-corrected chi connectivity index (χ3v) is 3.40. The highest BCUT2D eigenvalue weighted by Gasteiger charge is 2.39. The minimum absolute atomic E-state index is 0.126. The fourth-order valence-corrected chi connectivity index (χ4v) is 2.40. The highest BCUT2D eigenvalue weighted by Crippen LogP contribution is 2.36. The highest BCUT2D eigenvalue weighted by atomic mass is 35.5. The molecule has 0 saturated carbocycles. The van der Waals surface area contributed by atoms with Crippen molar-refractivity contribution in [2.24, 2.45) is 0 Å². The van der Waals surface area contributed by atoms with Crippen molar-refractivity contribution < 1.29 is 14.5 Å². The normalized spacial score (nSPS) is 13.5. The first-order valence-electron chi connectivity index (χ1n) is 5.92. The first kappa shape index (κ1) is 13.3. The number of rotatable bonds is 2. The fraction of sp³-hybridized carbons (Fsp3) is 0. The molecule has 1 aliphatic rings. The summed E-state index contributed by atoms with van der Waals surface area (Å²) in [5.74, 6) is -1.19. The lowest BCUT2D eigenvalue weighted by Gasteiger charge is -2.14. The average molecular weight is 303 g/mol. The zero-order valence-corrected chi connectivity index (χ0v) is 11.2. The van der Waals surface area contributed by atoms with Crippen LogP contribution in [-0.2, 0) is 0 Å². The summed E-state index contributed by atoms with van der Waals surface area (Å²) >= 11 is 5.83. The van der Waals surface area contributed by atoms with Gasteiger partial charge in [0.05, 0.1) is 16.1 Å². The van der Waals surface area contributed by atoms with Crippen LogP contribution in [0.2, 0.25) is 5.02 Å². The molecule has 2 aromatic rings. The second kappa shape index (κ2) is 4.68. The van der Waals surface area contributed by atoms with E-state index in [1.165, 1.54) is 30.3 Å². The first-order valence-corrected chi connectivity index (χ1v) is 6.30. The number of amides is 2. The van der Waals surface area contributed by atoms with Crippen molar-refractivity contribution in [1.82, 2.24) is 0 Å². The quantitative estimate of drug-likeness (QED) is 0.485. The largest absolute Gasteiger partial charge is 0.293 e. The summed E-state index contributed by atoms with van der Waals surface area (Å²) in [6, 6.07) is 10.0. The number of anilines is 1. The van der Waals surface area contributed by atoms with E-state index in [1.54, 1.807) is 12.1 Å². The van der Waals surface area contributed by atoms with Crippen LogP contribution in [0, 0.1) is 10.1 Å². The number of halogens is 1. The summed E-state index contributed by atoms with van der Waals surface area (Å²) < 4.78 is 0. The Morgan fingerprint density at radius 1 is 1.00 bits per heavy atom. The predicted octanol–water partition coefficient (Wildman–Crippen LogP) is 3.05. The van der Waals surface area contributed by atoms with Crippen LogP contribution in [0.15, 0.2) is 42.5 Å². The van der Waals surface area contributed by atoms with E-state index in [9.17, 15) is 19.7 Å². The number of imide groups is 1. The molecule has 0 bridgehead atoms. The van der Waals surface area contributed by atoms with Crippen molar-refractivity contribution in [3.63, 3.8) is 0 Å². The Labute approximate surface area is 123 Å². The Morgan fingerprint density at radius 2 is 1.57 bits per heavy atom. The summed E-state index contributed by atoms with van der Waals surface area (Å²) in [7, 11) is 0.